The van der Waals surface area contributed by atoms with E-state index in [4.69, 9.17) is 9.47 Å². The second-order valence-corrected chi connectivity index (χ2v) is 6.41. The molecule has 3 nitrogen and oxygen atoms in total. The van der Waals surface area contributed by atoms with Gasteiger partial charge in [-0.1, -0.05) is 30.7 Å². The zero-order chi connectivity index (χ0) is 14.0. The second-order valence-electron chi connectivity index (χ2n) is 6.41. The molecule has 0 aromatic heterocycles. The lowest BCUT2D eigenvalue weighted by molar-refractivity contribution is -0.139. The average Bonchev–Trinajstić information content (AvgIpc) is 2.81. The van der Waals surface area contributed by atoms with E-state index in [9.17, 15) is 0 Å². The number of ether oxygens (including phenoxy) is 2. The molecule has 1 aromatic carbocycles. The van der Waals surface area contributed by atoms with Crippen molar-refractivity contribution in [3.63, 3.8) is 0 Å². The van der Waals surface area contributed by atoms with Gasteiger partial charge < -0.3 is 14.8 Å². The van der Waals surface area contributed by atoms with E-state index < -0.39 is 5.79 Å². The highest BCUT2D eigenvalue weighted by Gasteiger charge is 2.33. The summed E-state index contributed by atoms with van der Waals surface area (Å²) < 4.78 is 11.6. The quantitative estimate of drug-likeness (QED) is 0.919. The fourth-order valence-corrected chi connectivity index (χ4v) is 3.15. The number of hydrogen-bond acceptors (Lipinski definition) is 3. The maximum absolute atomic E-state index is 5.94. The van der Waals surface area contributed by atoms with Crippen LogP contribution in [0, 0.1) is 0 Å². The zero-order valence-electron chi connectivity index (χ0n) is 12.5. The molecular formula is C17H25NO2. The van der Waals surface area contributed by atoms with E-state index in [1.807, 2.05) is 13.8 Å². The molecule has 0 spiro atoms. The smallest absolute Gasteiger partial charge is 0.163 e. The summed E-state index contributed by atoms with van der Waals surface area (Å²) in [5.74, 6) is -0.453. The Labute approximate surface area is 121 Å². The molecule has 0 bridgehead atoms. The van der Waals surface area contributed by atoms with E-state index in [1.54, 1.807) is 0 Å². The van der Waals surface area contributed by atoms with E-state index >= 15 is 0 Å². The number of piperidine rings is 1. The third kappa shape index (κ3) is 3.40. The molecule has 3 heteroatoms. The Morgan fingerprint density at radius 2 is 2.20 bits per heavy atom. The van der Waals surface area contributed by atoms with Crippen LogP contribution in [0.5, 0.6) is 0 Å². The summed E-state index contributed by atoms with van der Waals surface area (Å²) in [6, 6.07) is 9.43. The van der Waals surface area contributed by atoms with Crippen molar-refractivity contribution in [3.05, 3.63) is 35.4 Å². The molecule has 1 N–H and O–H groups in total. The molecule has 20 heavy (non-hydrogen) atoms. The van der Waals surface area contributed by atoms with Crippen LogP contribution < -0.4 is 5.32 Å². The van der Waals surface area contributed by atoms with Crippen LogP contribution in [0.15, 0.2) is 24.3 Å². The van der Waals surface area contributed by atoms with Crippen molar-refractivity contribution in [2.45, 2.75) is 57.5 Å². The predicted octanol–water partition coefficient (Wildman–Crippen LogP) is 3.20. The lowest BCUT2D eigenvalue weighted by Gasteiger charge is -2.24. The molecule has 2 aliphatic rings. The van der Waals surface area contributed by atoms with Gasteiger partial charge in [0.2, 0.25) is 0 Å². The van der Waals surface area contributed by atoms with Crippen molar-refractivity contribution in [1.29, 1.82) is 0 Å². The Morgan fingerprint density at radius 3 is 2.90 bits per heavy atom. The number of benzene rings is 1. The van der Waals surface area contributed by atoms with Crippen molar-refractivity contribution in [2.24, 2.45) is 0 Å². The molecule has 2 saturated heterocycles. The van der Waals surface area contributed by atoms with Gasteiger partial charge in [-0.2, -0.15) is 0 Å². The first kappa shape index (κ1) is 14.1. The normalized spacial score (nSPS) is 29.5. The first-order valence-electron chi connectivity index (χ1n) is 7.76. The largest absolute Gasteiger partial charge is 0.347 e. The molecule has 0 saturated carbocycles. The van der Waals surface area contributed by atoms with E-state index in [-0.39, 0.29) is 6.10 Å². The van der Waals surface area contributed by atoms with Crippen molar-refractivity contribution in [3.8, 4) is 0 Å². The lowest BCUT2D eigenvalue weighted by Crippen LogP contribution is -2.35. The minimum absolute atomic E-state index is 0.0734. The van der Waals surface area contributed by atoms with Gasteiger partial charge in [-0.05, 0) is 50.8 Å². The Hall–Kier alpha value is -0.900. The lowest BCUT2D eigenvalue weighted by atomic mass is 9.96. The van der Waals surface area contributed by atoms with Crippen LogP contribution in [0.3, 0.4) is 0 Å². The first-order chi connectivity index (χ1) is 9.62. The summed E-state index contributed by atoms with van der Waals surface area (Å²) >= 11 is 0. The topological polar surface area (TPSA) is 30.5 Å². The fraction of sp³-hybridized carbons (Fsp3) is 0.647. The standard InChI is InChI=1S/C17H25NO2/c1-17(2)19-12-16(20-17)14-7-5-6-13(10-14)11-15-8-3-4-9-18-15/h5-7,10,15-16,18H,3-4,8-9,11-12H2,1-2H3. The molecule has 0 radical (unpaired) electrons. The molecule has 0 aliphatic carbocycles. The number of rotatable bonds is 3. The average molecular weight is 275 g/mol. The molecular weight excluding hydrogens is 250 g/mol. The van der Waals surface area contributed by atoms with E-state index in [0.29, 0.717) is 12.6 Å². The van der Waals surface area contributed by atoms with E-state index in [2.05, 4.69) is 29.6 Å². The van der Waals surface area contributed by atoms with Gasteiger partial charge in [-0.25, -0.2) is 0 Å². The first-order valence-corrected chi connectivity index (χ1v) is 7.76. The summed E-state index contributed by atoms with van der Waals surface area (Å²) in [7, 11) is 0. The van der Waals surface area contributed by atoms with Gasteiger partial charge >= 0.3 is 0 Å². The molecule has 2 heterocycles. The minimum atomic E-state index is -0.453. The molecule has 2 aliphatic heterocycles. The highest BCUT2D eigenvalue weighted by molar-refractivity contribution is 5.26. The Balaban J connectivity index is 1.66. The van der Waals surface area contributed by atoms with Gasteiger partial charge in [0.1, 0.15) is 6.10 Å². The number of hydrogen-bond donors (Lipinski definition) is 1. The van der Waals surface area contributed by atoms with Crippen LogP contribution in [0.4, 0.5) is 0 Å². The zero-order valence-corrected chi connectivity index (χ0v) is 12.5. The van der Waals surface area contributed by atoms with Gasteiger partial charge in [0, 0.05) is 6.04 Å². The highest BCUT2D eigenvalue weighted by atomic mass is 16.7. The summed E-state index contributed by atoms with van der Waals surface area (Å²) in [4.78, 5) is 0. The van der Waals surface area contributed by atoms with Crippen LogP contribution in [0.1, 0.15) is 50.3 Å². The van der Waals surface area contributed by atoms with Crippen molar-refractivity contribution in [1.82, 2.24) is 5.32 Å². The monoisotopic (exact) mass is 275 g/mol. The van der Waals surface area contributed by atoms with Crippen LogP contribution >= 0.6 is 0 Å². The van der Waals surface area contributed by atoms with Crippen LogP contribution in [0.25, 0.3) is 0 Å². The molecule has 2 unspecified atom stereocenters. The Bertz CT molecular complexity index is 452. The van der Waals surface area contributed by atoms with Gasteiger partial charge in [-0.3, -0.25) is 0 Å². The molecule has 2 atom stereocenters. The maximum Gasteiger partial charge on any atom is 0.163 e. The molecule has 2 fully saturated rings. The highest BCUT2D eigenvalue weighted by Crippen LogP contribution is 2.33. The van der Waals surface area contributed by atoms with E-state index in [0.717, 1.165) is 13.0 Å². The fourth-order valence-electron chi connectivity index (χ4n) is 3.15. The van der Waals surface area contributed by atoms with Crippen molar-refractivity contribution >= 4 is 0 Å². The third-order valence-electron chi connectivity index (χ3n) is 4.23. The van der Waals surface area contributed by atoms with Crippen LogP contribution in [-0.2, 0) is 15.9 Å². The Kier molecular flexibility index (Phi) is 4.11. The molecule has 3 rings (SSSR count). The molecule has 1 aromatic rings. The maximum atomic E-state index is 5.94. The van der Waals surface area contributed by atoms with Gasteiger partial charge in [-0.15, -0.1) is 0 Å². The molecule has 110 valence electrons. The van der Waals surface area contributed by atoms with Crippen molar-refractivity contribution < 1.29 is 9.47 Å². The van der Waals surface area contributed by atoms with Crippen LogP contribution in [-0.4, -0.2) is 25.0 Å². The summed E-state index contributed by atoms with van der Waals surface area (Å²) in [5, 5.41) is 3.61. The second kappa shape index (κ2) is 5.84. The minimum Gasteiger partial charge on any atom is -0.347 e. The summed E-state index contributed by atoms with van der Waals surface area (Å²) in [6.45, 7) is 5.77. The van der Waals surface area contributed by atoms with Gasteiger partial charge in [0.05, 0.1) is 6.61 Å². The summed E-state index contributed by atoms with van der Waals surface area (Å²) in [6.07, 6.45) is 5.15. The summed E-state index contributed by atoms with van der Waals surface area (Å²) in [5.41, 5.74) is 2.64. The molecule has 0 amide bonds. The third-order valence-corrected chi connectivity index (χ3v) is 4.23. The van der Waals surface area contributed by atoms with Gasteiger partial charge in [0.15, 0.2) is 5.79 Å². The SMILES string of the molecule is CC1(C)OCC(c2cccc(CC3CCCCN3)c2)O1. The predicted molar refractivity (Wildman–Crippen MR) is 79.6 cm³/mol. The van der Waals surface area contributed by atoms with E-state index in [1.165, 1.54) is 30.4 Å². The van der Waals surface area contributed by atoms with Crippen molar-refractivity contribution in [2.75, 3.05) is 13.2 Å². The van der Waals surface area contributed by atoms with Crippen LogP contribution in [0.2, 0.25) is 0 Å². The van der Waals surface area contributed by atoms with Gasteiger partial charge in [0.25, 0.3) is 0 Å². The number of nitrogens with one attached hydrogen (secondary N) is 1. The Morgan fingerprint density at radius 1 is 1.30 bits per heavy atom.